The average Bonchev–Trinajstić information content (AvgIpc) is 2.24. The fraction of sp³-hybridized carbons (Fsp3) is 0. The quantitative estimate of drug-likeness (QED) is 0.793. The van der Waals surface area contributed by atoms with Crippen molar-refractivity contribution in [3.63, 3.8) is 0 Å². The van der Waals surface area contributed by atoms with Crippen LogP contribution in [0.2, 0.25) is 0 Å². The molecule has 15 heavy (non-hydrogen) atoms. The monoisotopic (exact) mass is 312 g/mol. The fourth-order valence-electron chi connectivity index (χ4n) is 1.39. The van der Waals surface area contributed by atoms with E-state index in [9.17, 15) is 5.11 Å². The summed E-state index contributed by atoms with van der Waals surface area (Å²) in [7, 11) is 0. The Labute approximate surface area is 101 Å². The molecule has 2 aromatic carbocycles. The van der Waals surface area contributed by atoms with Gasteiger partial charge in [0.2, 0.25) is 0 Å². The molecule has 0 atom stereocenters. The van der Waals surface area contributed by atoms with E-state index in [1.54, 1.807) is 24.3 Å². The highest BCUT2D eigenvalue weighted by Gasteiger charge is 2.06. The van der Waals surface area contributed by atoms with E-state index in [-0.39, 0.29) is 11.5 Å². The second kappa shape index (κ2) is 4.10. The summed E-state index contributed by atoms with van der Waals surface area (Å²) in [5, 5.41) is 19.0. The molecular formula is C12H9IO2. The lowest BCUT2D eigenvalue weighted by Crippen LogP contribution is -1.81. The number of phenols is 2. The van der Waals surface area contributed by atoms with Crippen molar-refractivity contribution in [3.05, 3.63) is 46.0 Å². The molecule has 2 rings (SSSR count). The van der Waals surface area contributed by atoms with Gasteiger partial charge >= 0.3 is 0 Å². The van der Waals surface area contributed by atoms with Gasteiger partial charge in [-0.15, -0.1) is 0 Å². The molecule has 0 fully saturated rings. The molecule has 0 heterocycles. The van der Waals surface area contributed by atoms with Crippen LogP contribution in [0.4, 0.5) is 0 Å². The zero-order valence-corrected chi connectivity index (χ0v) is 9.97. The highest BCUT2D eigenvalue weighted by molar-refractivity contribution is 14.1. The number of benzene rings is 2. The first-order chi connectivity index (χ1) is 7.18. The van der Waals surface area contributed by atoms with Gasteiger partial charge in [0.25, 0.3) is 0 Å². The van der Waals surface area contributed by atoms with E-state index in [0.29, 0.717) is 0 Å². The number of hydrogen-bond donors (Lipinski definition) is 2. The molecule has 0 radical (unpaired) electrons. The topological polar surface area (TPSA) is 40.5 Å². The number of phenolic OH excluding ortho intramolecular Hbond substituents is 2. The molecule has 2 nitrogen and oxygen atoms in total. The molecule has 0 aliphatic heterocycles. The lowest BCUT2D eigenvalue weighted by molar-refractivity contribution is 0.472. The van der Waals surface area contributed by atoms with Crippen molar-refractivity contribution in [2.45, 2.75) is 0 Å². The predicted molar refractivity (Wildman–Crippen MR) is 67.9 cm³/mol. The standard InChI is InChI=1S/C12H9IO2/c13-11-3-1-2-10(12(11)15)8-4-6-9(14)7-5-8/h1-7,14-15H. The number of rotatable bonds is 1. The van der Waals surface area contributed by atoms with Crippen molar-refractivity contribution in [3.8, 4) is 22.6 Å². The lowest BCUT2D eigenvalue weighted by atomic mass is 10.0. The van der Waals surface area contributed by atoms with Crippen LogP contribution in [0.25, 0.3) is 11.1 Å². The molecule has 0 spiro atoms. The summed E-state index contributed by atoms with van der Waals surface area (Å²) < 4.78 is 0.818. The van der Waals surface area contributed by atoms with Crippen molar-refractivity contribution in [1.82, 2.24) is 0 Å². The van der Waals surface area contributed by atoms with Crippen LogP contribution in [0.15, 0.2) is 42.5 Å². The Morgan fingerprint density at radius 3 is 2.20 bits per heavy atom. The van der Waals surface area contributed by atoms with Gasteiger partial charge in [-0.2, -0.15) is 0 Å². The van der Waals surface area contributed by atoms with Gasteiger partial charge in [-0.1, -0.05) is 24.3 Å². The van der Waals surface area contributed by atoms with Crippen molar-refractivity contribution < 1.29 is 10.2 Å². The number of aromatic hydroxyl groups is 2. The second-order valence-corrected chi connectivity index (χ2v) is 4.35. The van der Waals surface area contributed by atoms with Gasteiger partial charge in [0.1, 0.15) is 11.5 Å². The van der Waals surface area contributed by atoms with Crippen molar-refractivity contribution in [2.24, 2.45) is 0 Å². The zero-order valence-electron chi connectivity index (χ0n) is 7.81. The van der Waals surface area contributed by atoms with Crippen LogP contribution in [0, 0.1) is 3.57 Å². The van der Waals surface area contributed by atoms with Crippen molar-refractivity contribution >= 4 is 22.6 Å². The Balaban J connectivity index is 2.54. The molecule has 0 saturated carbocycles. The van der Waals surface area contributed by atoms with Crippen molar-refractivity contribution in [2.75, 3.05) is 0 Å². The minimum absolute atomic E-state index is 0.226. The van der Waals surface area contributed by atoms with Crippen LogP contribution in [0.1, 0.15) is 0 Å². The van der Waals surface area contributed by atoms with E-state index in [1.807, 2.05) is 18.2 Å². The summed E-state index contributed by atoms with van der Waals surface area (Å²) in [5.74, 6) is 0.507. The van der Waals surface area contributed by atoms with Gasteiger partial charge in [-0.05, 0) is 46.4 Å². The van der Waals surface area contributed by atoms with E-state index in [1.165, 1.54) is 0 Å². The summed E-state index contributed by atoms with van der Waals surface area (Å²) in [4.78, 5) is 0. The number of hydrogen-bond acceptors (Lipinski definition) is 2. The molecule has 0 unspecified atom stereocenters. The molecule has 0 saturated heterocycles. The predicted octanol–water partition coefficient (Wildman–Crippen LogP) is 3.37. The zero-order chi connectivity index (χ0) is 10.8. The Morgan fingerprint density at radius 1 is 0.867 bits per heavy atom. The summed E-state index contributed by atoms with van der Waals surface area (Å²) in [6.45, 7) is 0. The minimum atomic E-state index is 0.226. The molecule has 2 N–H and O–H groups in total. The third-order valence-electron chi connectivity index (χ3n) is 2.17. The fourth-order valence-corrected chi connectivity index (χ4v) is 1.89. The third-order valence-corrected chi connectivity index (χ3v) is 3.04. The average molecular weight is 312 g/mol. The molecule has 0 bridgehead atoms. The lowest BCUT2D eigenvalue weighted by Gasteiger charge is -2.06. The van der Waals surface area contributed by atoms with Gasteiger partial charge < -0.3 is 10.2 Å². The van der Waals surface area contributed by atoms with Crippen LogP contribution in [0.3, 0.4) is 0 Å². The highest BCUT2D eigenvalue weighted by Crippen LogP contribution is 2.33. The van der Waals surface area contributed by atoms with Gasteiger partial charge in [0.15, 0.2) is 0 Å². The van der Waals surface area contributed by atoms with E-state index in [2.05, 4.69) is 22.6 Å². The van der Waals surface area contributed by atoms with Crippen LogP contribution in [0.5, 0.6) is 11.5 Å². The SMILES string of the molecule is Oc1ccc(-c2cccc(I)c2O)cc1. The van der Waals surface area contributed by atoms with Gasteiger partial charge in [-0.3, -0.25) is 0 Å². The normalized spacial score (nSPS) is 10.2. The van der Waals surface area contributed by atoms with E-state index in [0.717, 1.165) is 14.7 Å². The Hall–Kier alpha value is -1.23. The molecule has 3 heteroatoms. The van der Waals surface area contributed by atoms with Gasteiger partial charge in [0.05, 0.1) is 3.57 Å². The first-order valence-electron chi connectivity index (χ1n) is 4.45. The minimum Gasteiger partial charge on any atom is -0.508 e. The first kappa shape index (κ1) is 10.3. The Kier molecular flexibility index (Phi) is 2.81. The first-order valence-corrected chi connectivity index (χ1v) is 5.53. The molecule has 0 amide bonds. The number of halogens is 1. The summed E-state index contributed by atoms with van der Waals surface area (Å²) in [6, 6.07) is 12.4. The molecule has 0 aliphatic carbocycles. The summed E-state index contributed by atoms with van der Waals surface area (Å²) in [5.41, 5.74) is 1.67. The van der Waals surface area contributed by atoms with Crippen LogP contribution in [-0.4, -0.2) is 10.2 Å². The van der Waals surface area contributed by atoms with E-state index >= 15 is 0 Å². The Morgan fingerprint density at radius 2 is 1.53 bits per heavy atom. The molecule has 0 aliphatic rings. The molecule has 0 aromatic heterocycles. The summed E-state index contributed by atoms with van der Waals surface area (Å²) in [6.07, 6.45) is 0. The third kappa shape index (κ3) is 2.07. The van der Waals surface area contributed by atoms with Gasteiger partial charge in [0, 0.05) is 5.56 Å². The largest absolute Gasteiger partial charge is 0.508 e. The van der Waals surface area contributed by atoms with E-state index in [4.69, 9.17) is 5.11 Å². The van der Waals surface area contributed by atoms with Crippen LogP contribution < -0.4 is 0 Å². The maximum absolute atomic E-state index is 9.85. The van der Waals surface area contributed by atoms with Gasteiger partial charge in [-0.25, -0.2) is 0 Å². The molecule has 2 aromatic rings. The maximum atomic E-state index is 9.85. The summed E-state index contributed by atoms with van der Waals surface area (Å²) >= 11 is 2.08. The maximum Gasteiger partial charge on any atom is 0.136 e. The number of para-hydroxylation sites is 1. The van der Waals surface area contributed by atoms with Crippen LogP contribution in [-0.2, 0) is 0 Å². The smallest absolute Gasteiger partial charge is 0.136 e. The van der Waals surface area contributed by atoms with Crippen LogP contribution >= 0.6 is 22.6 Å². The van der Waals surface area contributed by atoms with Crippen molar-refractivity contribution in [1.29, 1.82) is 0 Å². The highest BCUT2D eigenvalue weighted by atomic mass is 127. The second-order valence-electron chi connectivity index (χ2n) is 3.18. The Bertz CT molecular complexity index is 477. The molecule has 76 valence electrons. The molecular weight excluding hydrogens is 303 g/mol. The van der Waals surface area contributed by atoms with E-state index < -0.39 is 0 Å².